The number of morpholine rings is 1. The van der Waals surface area contributed by atoms with Crippen molar-refractivity contribution in [3.8, 4) is 17.5 Å². The standard InChI is InChI=1S/C39H50N4O2SSi/c1-23(2)47(24(3)4,25(5)6)16-13-26-17-31-32(39(7,8)38-35(36(31)44)37-33(41-38)18-30(20-40)46-37)19-34(26)42-14-11-27(12-15-42)43-28-9-10-29(43)22-45-21-28/h17-19,23-25,27-29,41H,9-12,14-15,21-22H2,1-8H3. The SMILES string of the molecule is CC(C)[Si](C#Cc1cc2c(cc1N1CCC(N3C4CCC3COC4)CC1)C(C)(C)c1[nH]c3cc(C#N)sc3c1C2=O)(C(C)C)C(C)C. The lowest BCUT2D eigenvalue weighted by Crippen LogP contribution is -2.54. The van der Waals surface area contributed by atoms with E-state index in [-0.39, 0.29) is 5.78 Å². The smallest absolute Gasteiger partial charge is 0.196 e. The quantitative estimate of drug-likeness (QED) is 0.219. The van der Waals surface area contributed by atoms with E-state index in [0.29, 0.717) is 39.6 Å². The molecule has 248 valence electrons. The third kappa shape index (κ3) is 5.05. The van der Waals surface area contributed by atoms with E-state index in [1.807, 2.05) is 6.07 Å². The maximum absolute atomic E-state index is 14.5. The predicted octanol–water partition coefficient (Wildman–Crippen LogP) is 8.37. The molecule has 0 radical (unpaired) electrons. The summed E-state index contributed by atoms with van der Waals surface area (Å²) in [5.41, 5.74) is 11.7. The summed E-state index contributed by atoms with van der Waals surface area (Å²) < 4.78 is 6.80. The Bertz CT molecular complexity index is 1790. The van der Waals surface area contributed by atoms with Crippen molar-refractivity contribution in [1.82, 2.24) is 9.88 Å². The van der Waals surface area contributed by atoms with E-state index in [4.69, 9.17) is 4.74 Å². The topological polar surface area (TPSA) is 72.4 Å². The van der Waals surface area contributed by atoms with Crippen LogP contribution in [0.2, 0.25) is 16.6 Å². The molecule has 8 heteroatoms. The first kappa shape index (κ1) is 32.7. The Kier molecular flexibility index (Phi) is 8.28. The molecule has 3 aliphatic heterocycles. The second-order valence-corrected chi connectivity index (χ2v) is 22.6. The van der Waals surface area contributed by atoms with Gasteiger partial charge in [-0.1, -0.05) is 61.3 Å². The number of thiophene rings is 1. The molecule has 3 aromatic rings. The molecule has 0 amide bonds. The van der Waals surface area contributed by atoms with E-state index >= 15 is 0 Å². The Balaban J connectivity index is 1.33. The van der Waals surface area contributed by atoms with Crippen LogP contribution in [0.4, 0.5) is 5.69 Å². The highest BCUT2D eigenvalue weighted by Crippen LogP contribution is 2.48. The molecule has 4 aliphatic rings. The largest absolute Gasteiger partial charge is 0.378 e. The van der Waals surface area contributed by atoms with Gasteiger partial charge in [-0.2, -0.15) is 5.26 Å². The van der Waals surface area contributed by atoms with Crippen molar-refractivity contribution in [3.63, 3.8) is 0 Å². The normalized spacial score (nSPS) is 22.9. The molecular formula is C39H50N4O2SSi. The summed E-state index contributed by atoms with van der Waals surface area (Å²) in [5.74, 6) is 3.85. The third-order valence-electron chi connectivity index (χ3n) is 12.3. The van der Waals surface area contributed by atoms with Crippen molar-refractivity contribution >= 4 is 41.1 Å². The van der Waals surface area contributed by atoms with Gasteiger partial charge in [-0.25, -0.2) is 0 Å². The van der Waals surface area contributed by atoms with Crippen LogP contribution >= 0.6 is 11.3 Å². The van der Waals surface area contributed by atoms with Gasteiger partial charge in [0.25, 0.3) is 0 Å². The first-order valence-corrected chi connectivity index (χ1v) is 20.9. The monoisotopic (exact) mass is 666 g/mol. The zero-order valence-electron chi connectivity index (χ0n) is 29.4. The highest BCUT2D eigenvalue weighted by Gasteiger charge is 2.45. The molecule has 2 bridgehead atoms. The maximum Gasteiger partial charge on any atom is 0.196 e. The van der Waals surface area contributed by atoms with Crippen LogP contribution in [0.3, 0.4) is 0 Å². The molecule has 3 fully saturated rings. The number of ether oxygens (including phenoxy) is 1. The average molecular weight is 667 g/mol. The number of nitrogens with zero attached hydrogens (tertiary/aromatic N) is 3. The van der Waals surface area contributed by atoms with Gasteiger partial charge in [0.05, 0.1) is 34.7 Å². The minimum Gasteiger partial charge on any atom is -0.378 e. The van der Waals surface area contributed by atoms with Crippen molar-refractivity contribution in [2.75, 3.05) is 31.2 Å². The number of hydrogen-bond acceptors (Lipinski definition) is 6. The highest BCUT2D eigenvalue weighted by molar-refractivity contribution is 7.20. The second kappa shape index (κ2) is 11.9. The molecule has 2 aromatic heterocycles. The Morgan fingerprint density at radius 3 is 2.19 bits per heavy atom. The third-order valence-corrected chi connectivity index (χ3v) is 19.6. The van der Waals surface area contributed by atoms with Gasteiger partial charge in [0.15, 0.2) is 5.78 Å². The molecule has 0 spiro atoms. The second-order valence-electron chi connectivity index (χ2n) is 15.9. The molecule has 47 heavy (non-hydrogen) atoms. The Morgan fingerprint density at radius 1 is 0.957 bits per heavy atom. The van der Waals surface area contributed by atoms with Crippen molar-refractivity contribution < 1.29 is 9.53 Å². The van der Waals surface area contributed by atoms with Gasteiger partial charge in [0.2, 0.25) is 0 Å². The van der Waals surface area contributed by atoms with Gasteiger partial charge >= 0.3 is 0 Å². The summed E-state index contributed by atoms with van der Waals surface area (Å²) in [6.45, 7) is 22.4. The van der Waals surface area contributed by atoms with Gasteiger partial charge in [-0.05, 0) is 66.1 Å². The van der Waals surface area contributed by atoms with Crippen LogP contribution in [-0.2, 0) is 10.2 Å². The first-order chi connectivity index (χ1) is 22.4. The van der Waals surface area contributed by atoms with Crippen molar-refractivity contribution in [2.45, 2.75) is 121 Å². The van der Waals surface area contributed by atoms with Gasteiger partial charge in [0.1, 0.15) is 19.0 Å². The van der Waals surface area contributed by atoms with E-state index in [9.17, 15) is 10.1 Å². The lowest BCUT2D eigenvalue weighted by Gasteiger charge is -2.45. The van der Waals surface area contributed by atoms with Gasteiger partial charge in [0, 0.05) is 53.5 Å². The number of hydrogen-bond donors (Lipinski definition) is 1. The molecule has 1 aromatic carbocycles. The van der Waals surface area contributed by atoms with Gasteiger partial charge in [-0.15, -0.1) is 16.9 Å². The minimum absolute atomic E-state index is 0.0445. The van der Waals surface area contributed by atoms with Crippen LogP contribution in [0, 0.1) is 22.8 Å². The maximum atomic E-state index is 14.5. The predicted molar refractivity (Wildman–Crippen MR) is 196 cm³/mol. The summed E-state index contributed by atoms with van der Waals surface area (Å²) in [5, 5.41) is 9.58. The summed E-state index contributed by atoms with van der Waals surface area (Å²) in [6.07, 6.45) is 4.81. The molecular weight excluding hydrogens is 617 g/mol. The van der Waals surface area contributed by atoms with Crippen molar-refractivity contribution in [2.24, 2.45) is 0 Å². The Hall–Kier alpha value is -2.88. The van der Waals surface area contributed by atoms with E-state index < -0.39 is 13.5 Å². The molecule has 7 rings (SSSR count). The first-order valence-electron chi connectivity index (χ1n) is 17.8. The molecule has 2 unspecified atom stereocenters. The number of aromatic nitrogens is 1. The summed E-state index contributed by atoms with van der Waals surface area (Å²) >= 11 is 1.41. The molecule has 3 saturated heterocycles. The lowest BCUT2D eigenvalue weighted by atomic mass is 9.71. The summed E-state index contributed by atoms with van der Waals surface area (Å²) in [7, 11) is -2.01. The van der Waals surface area contributed by atoms with Gasteiger partial charge < -0.3 is 14.6 Å². The number of fused-ring (bicyclic) bond motifs is 6. The highest BCUT2D eigenvalue weighted by atomic mass is 32.1. The molecule has 1 N–H and O–H groups in total. The fourth-order valence-electron chi connectivity index (χ4n) is 9.91. The van der Waals surface area contributed by atoms with E-state index in [2.05, 4.69) is 99.8 Å². The number of nitrogens with one attached hydrogen (secondary N) is 1. The number of anilines is 1. The number of nitriles is 1. The molecule has 0 saturated carbocycles. The number of carbonyl (C=O) groups excluding carboxylic acids is 1. The van der Waals surface area contributed by atoms with E-state index in [0.717, 1.165) is 77.3 Å². The van der Waals surface area contributed by atoms with Gasteiger partial charge in [-0.3, -0.25) is 9.69 Å². The molecule has 2 atom stereocenters. The Morgan fingerprint density at radius 2 is 1.60 bits per heavy atom. The lowest BCUT2D eigenvalue weighted by molar-refractivity contribution is -0.0407. The van der Waals surface area contributed by atoms with E-state index in [1.54, 1.807) is 0 Å². The average Bonchev–Trinajstić information content (AvgIpc) is 3.68. The molecule has 5 heterocycles. The van der Waals surface area contributed by atoms with Crippen LogP contribution in [0.1, 0.15) is 119 Å². The zero-order valence-corrected chi connectivity index (χ0v) is 31.2. The molecule has 1 aliphatic carbocycles. The van der Waals surface area contributed by atoms with E-state index in [1.165, 1.54) is 29.9 Å². The van der Waals surface area contributed by atoms with Crippen LogP contribution in [0.5, 0.6) is 0 Å². The number of rotatable bonds is 5. The number of aromatic amines is 1. The number of benzene rings is 1. The number of H-pyrrole nitrogens is 1. The van der Waals surface area contributed by atoms with Crippen LogP contribution in [0.15, 0.2) is 18.2 Å². The molecule has 6 nitrogen and oxygen atoms in total. The number of carbonyl (C=O) groups is 1. The van der Waals surface area contributed by atoms with Crippen LogP contribution in [-0.4, -0.2) is 68.2 Å². The fraction of sp³-hybridized carbons (Fsp3) is 0.590. The van der Waals surface area contributed by atoms with Crippen LogP contribution < -0.4 is 4.90 Å². The van der Waals surface area contributed by atoms with Crippen molar-refractivity contribution in [3.05, 3.63) is 51.0 Å². The number of piperidine rings is 1. The zero-order chi connectivity index (χ0) is 33.4. The Labute approximate surface area is 285 Å². The number of ketones is 1. The van der Waals surface area contributed by atoms with Crippen LogP contribution in [0.25, 0.3) is 10.2 Å². The fourth-order valence-corrected chi connectivity index (χ4v) is 16.1. The van der Waals surface area contributed by atoms with Crippen molar-refractivity contribution in [1.29, 1.82) is 5.26 Å². The summed E-state index contributed by atoms with van der Waals surface area (Å²) in [6, 6.07) is 10.4. The summed E-state index contributed by atoms with van der Waals surface area (Å²) in [4.78, 5) is 24.0. The minimum atomic E-state index is -2.01.